The zero-order chi connectivity index (χ0) is 8.10. The summed E-state index contributed by atoms with van der Waals surface area (Å²) in [6, 6.07) is 0. The van der Waals surface area contributed by atoms with Crippen LogP contribution in [0.25, 0.3) is 0 Å². The van der Waals surface area contributed by atoms with E-state index in [0.29, 0.717) is 0 Å². The van der Waals surface area contributed by atoms with Gasteiger partial charge in [-0.3, -0.25) is 28.4 Å². The quantitative estimate of drug-likeness (QED) is 0.487. The van der Waals surface area contributed by atoms with Gasteiger partial charge in [-0.05, 0) is 0 Å². The highest BCUT2D eigenvalue weighted by atomic mass is 17.2. The van der Waals surface area contributed by atoms with Crippen LogP contribution in [-0.4, -0.2) is 36.1 Å². The van der Waals surface area contributed by atoms with Gasteiger partial charge in [0, 0.05) is 0 Å². The molecule has 0 saturated carbocycles. The largest absolute Gasteiger partial charge is 0.354 e. The molecule has 13 heavy (non-hydrogen) atoms. The minimum absolute atomic E-state index is 0.502. The third-order valence-corrected chi connectivity index (χ3v) is 3.22. The third-order valence-electron chi connectivity index (χ3n) is 3.22. The molecule has 6 aliphatic rings. The first-order chi connectivity index (χ1) is 6.25. The molecular weight excluding hydrogens is 184 g/mol. The second-order valence-electron chi connectivity index (χ2n) is 3.89. The van der Waals surface area contributed by atoms with E-state index in [4.69, 9.17) is 33.2 Å². The molecule has 0 amide bonds. The number of epoxide rings is 4. The molecule has 7 heteroatoms. The molecule has 7 nitrogen and oxygen atoms in total. The van der Waals surface area contributed by atoms with E-state index in [1.165, 1.54) is 0 Å². The fourth-order valence-electron chi connectivity index (χ4n) is 2.12. The second kappa shape index (κ2) is 0.999. The molecule has 0 spiro atoms. The smallest absolute Gasteiger partial charge is 0.311 e. The third kappa shape index (κ3) is 0.310. The maximum absolute atomic E-state index is 5.36. The first kappa shape index (κ1) is 5.56. The Morgan fingerprint density at radius 2 is 1.23 bits per heavy atom. The lowest BCUT2D eigenvalue weighted by atomic mass is 10.3. The van der Waals surface area contributed by atoms with Gasteiger partial charge in [-0.2, -0.15) is 0 Å². The van der Waals surface area contributed by atoms with E-state index >= 15 is 0 Å². The van der Waals surface area contributed by atoms with Gasteiger partial charge in [-0.15, -0.1) is 0 Å². The lowest BCUT2D eigenvalue weighted by Gasteiger charge is -2.23. The summed E-state index contributed by atoms with van der Waals surface area (Å²) in [6.07, 6.45) is -1.00. The van der Waals surface area contributed by atoms with Gasteiger partial charge in [0.2, 0.25) is 12.6 Å². The highest BCUT2D eigenvalue weighted by Gasteiger charge is 3.10. The Morgan fingerprint density at radius 1 is 0.769 bits per heavy atom. The first-order valence-electron chi connectivity index (χ1n) is 4.06. The monoisotopic (exact) mass is 186 g/mol. The predicted molar refractivity (Wildman–Crippen MR) is 26.1 cm³/mol. The molecule has 2 atom stereocenters. The Labute approximate surface area is 70.3 Å². The zero-order valence-electron chi connectivity index (χ0n) is 6.01. The predicted octanol–water partition coefficient (Wildman–Crippen LogP) is -1.46. The van der Waals surface area contributed by atoms with E-state index in [1.807, 2.05) is 0 Å². The van der Waals surface area contributed by atoms with Crippen molar-refractivity contribution in [2.45, 2.75) is 36.1 Å². The van der Waals surface area contributed by atoms with Crippen molar-refractivity contribution in [1.82, 2.24) is 0 Å². The minimum atomic E-state index is -0.745. The number of hydrogen-bond donors (Lipinski definition) is 0. The highest BCUT2D eigenvalue weighted by Crippen LogP contribution is 2.82. The van der Waals surface area contributed by atoms with Gasteiger partial charge in [-0.1, -0.05) is 0 Å². The molecule has 6 rings (SSSR count). The fraction of sp³-hybridized carbons (Fsp3) is 1.00. The Bertz CT molecular complexity index is 342. The van der Waals surface area contributed by atoms with Gasteiger partial charge in [0.05, 0.1) is 0 Å². The molecule has 6 heterocycles. The van der Waals surface area contributed by atoms with E-state index in [1.54, 1.807) is 0 Å². The standard InChI is InChI=1S/C6H2O7/c7(1-3-5(8-1,10-3)11-3)2-4-6(9-2,12-4)13-4/h1-2H. The van der Waals surface area contributed by atoms with Crippen LogP contribution in [-0.2, 0) is 33.2 Å². The molecule has 0 aromatic heterocycles. The summed E-state index contributed by atoms with van der Waals surface area (Å²) in [6.45, 7) is 0. The van der Waals surface area contributed by atoms with Crippen LogP contribution in [0.4, 0.5) is 0 Å². The number of hydrogen-bond acceptors (Lipinski definition) is 7. The summed E-state index contributed by atoms with van der Waals surface area (Å²) in [5.74, 6) is -2.72. The van der Waals surface area contributed by atoms with Crippen LogP contribution in [0, 0.1) is 0 Å². The minimum Gasteiger partial charge on any atom is -0.311 e. The Hall–Kier alpha value is -0.280. The molecule has 0 radical (unpaired) electrons. The maximum Gasteiger partial charge on any atom is 0.354 e. The van der Waals surface area contributed by atoms with Gasteiger partial charge >= 0.3 is 23.5 Å². The molecule has 0 bridgehead atoms. The first-order valence-corrected chi connectivity index (χ1v) is 4.06. The fourth-order valence-corrected chi connectivity index (χ4v) is 2.12. The summed E-state index contributed by atoms with van der Waals surface area (Å²) in [4.78, 5) is 0. The van der Waals surface area contributed by atoms with Crippen molar-refractivity contribution in [3.05, 3.63) is 0 Å². The maximum atomic E-state index is 5.36. The van der Waals surface area contributed by atoms with E-state index in [0.717, 1.165) is 0 Å². The van der Waals surface area contributed by atoms with Crippen LogP contribution < -0.4 is 0 Å². The SMILES string of the molecule is O(C1OC23OC12O3)C1OC23OC12O3. The van der Waals surface area contributed by atoms with Crippen LogP contribution in [0.3, 0.4) is 0 Å². The number of ether oxygens (including phenoxy) is 7. The molecule has 6 fully saturated rings. The molecular formula is C6H2O7. The number of rotatable bonds is 2. The summed E-state index contributed by atoms with van der Waals surface area (Å²) in [5, 5.41) is 0. The van der Waals surface area contributed by atoms with Crippen LogP contribution in [0.1, 0.15) is 0 Å². The molecule has 0 aliphatic carbocycles. The van der Waals surface area contributed by atoms with E-state index in [-0.39, 0.29) is 0 Å². The summed E-state index contributed by atoms with van der Waals surface area (Å²) in [5.41, 5.74) is 0. The molecule has 0 N–H and O–H groups in total. The van der Waals surface area contributed by atoms with Gasteiger partial charge in [0.1, 0.15) is 0 Å². The van der Waals surface area contributed by atoms with Crippen molar-refractivity contribution in [3.8, 4) is 0 Å². The Kier molecular flexibility index (Phi) is 0.428. The lowest BCUT2D eigenvalue weighted by Crippen LogP contribution is -2.46. The molecule has 2 unspecified atom stereocenters. The summed E-state index contributed by atoms with van der Waals surface area (Å²) in [7, 11) is 0. The topological polar surface area (TPSA) is 77.8 Å². The molecule has 0 aromatic carbocycles. The summed E-state index contributed by atoms with van der Waals surface area (Å²) >= 11 is 0. The molecule has 0 aromatic rings. The van der Waals surface area contributed by atoms with Crippen molar-refractivity contribution >= 4 is 0 Å². The van der Waals surface area contributed by atoms with E-state index < -0.39 is 36.1 Å². The van der Waals surface area contributed by atoms with Crippen LogP contribution >= 0.6 is 0 Å². The highest BCUT2D eigenvalue weighted by molar-refractivity contribution is 5.25. The van der Waals surface area contributed by atoms with Crippen molar-refractivity contribution in [3.63, 3.8) is 0 Å². The molecule has 68 valence electrons. The average Bonchev–Trinajstić information content (AvgIpc) is 2.76. The van der Waals surface area contributed by atoms with Crippen molar-refractivity contribution < 1.29 is 33.2 Å². The average molecular weight is 186 g/mol. The zero-order valence-corrected chi connectivity index (χ0v) is 6.01. The second-order valence-corrected chi connectivity index (χ2v) is 3.89. The van der Waals surface area contributed by atoms with Crippen molar-refractivity contribution in [1.29, 1.82) is 0 Å². The van der Waals surface area contributed by atoms with E-state index in [2.05, 4.69) is 0 Å². The van der Waals surface area contributed by atoms with Crippen LogP contribution in [0.15, 0.2) is 0 Å². The van der Waals surface area contributed by atoms with Crippen LogP contribution in [0.2, 0.25) is 0 Å². The van der Waals surface area contributed by atoms with Gasteiger partial charge in [0.25, 0.3) is 0 Å². The van der Waals surface area contributed by atoms with Gasteiger partial charge < -0.3 is 4.74 Å². The van der Waals surface area contributed by atoms with Gasteiger partial charge in [0.15, 0.2) is 0 Å². The molecule has 6 aliphatic heterocycles. The van der Waals surface area contributed by atoms with Crippen molar-refractivity contribution in [2.24, 2.45) is 0 Å². The normalized spacial score (nSPS) is 87.7. The lowest BCUT2D eigenvalue weighted by molar-refractivity contribution is -0.306. The van der Waals surface area contributed by atoms with Crippen LogP contribution in [0.5, 0.6) is 0 Å². The van der Waals surface area contributed by atoms with Crippen molar-refractivity contribution in [2.75, 3.05) is 0 Å². The van der Waals surface area contributed by atoms with Gasteiger partial charge in [-0.25, -0.2) is 0 Å². The molecule has 6 saturated heterocycles. The Morgan fingerprint density at radius 3 is 1.46 bits per heavy atom. The Balaban J connectivity index is 1.29. The van der Waals surface area contributed by atoms with E-state index in [9.17, 15) is 0 Å². The summed E-state index contributed by atoms with van der Waals surface area (Å²) < 4.78 is 35.9.